The number of hydrogen-bond donors (Lipinski definition) is 0. The molecule has 1 aromatic carbocycles. The van der Waals surface area contributed by atoms with E-state index in [1.165, 1.54) is 6.07 Å². The molecule has 2 heterocycles. The van der Waals surface area contributed by atoms with Crippen LogP contribution in [0.4, 0.5) is 4.39 Å². The maximum Gasteiger partial charge on any atom is 0.276 e. The van der Waals surface area contributed by atoms with E-state index in [1.807, 2.05) is 17.0 Å². The minimum Gasteiger partial charge on any atom is -0.360 e. The smallest absolute Gasteiger partial charge is 0.276 e. The molecule has 4 rings (SSSR count). The fraction of sp³-hybridized carbons (Fsp3) is 0.444. The first kappa shape index (κ1) is 15.7. The van der Waals surface area contributed by atoms with Crippen LogP contribution in [0, 0.1) is 5.82 Å². The highest BCUT2D eigenvalue weighted by Crippen LogP contribution is 2.40. The van der Waals surface area contributed by atoms with Crippen molar-refractivity contribution in [3.05, 3.63) is 53.2 Å². The molecule has 0 radical (unpaired) electrons. The van der Waals surface area contributed by atoms with Crippen LogP contribution in [-0.4, -0.2) is 34.8 Å². The normalized spacial score (nSPS) is 21.5. The van der Waals surface area contributed by atoms with E-state index < -0.39 is 0 Å². The Kier molecular flexibility index (Phi) is 4.31. The molecular formula is C18H19FN2O2S. The molecule has 0 N–H and O–H groups in total. The van der Waals surface area contributed by atoms with Crippen LogP contribution in [0.1, 0.15) is 52.2 Å². The Morgan fingerprint density at radius 2 is 2.08 bits per heavy atom. The van der Waals surface area contributed by atoms with Crippen molar-refractivity contribution in [1.29, 1.82) is 0 Å². The number of benzene rings is 1. The highest BCUT2D eigenvalue weighted by molar-refractivity contribution is 7.99. The predicted octanol–water partition coefficient (Wildman–Crippen LogP) is 4.01. The second kappa shape index (κ2) is 6.59. The summed E-state index contributed by atoms with van der Waals surface area (Å²) in [4.78, 5) is 14.4. The topological polar surface area (TPSA) is 46.3 Å². The highest BCUT2D eigenvalue weighted by Gasteiger charge is 2.30. The van der Waals surface area contributed by atoms with E-state index in [4.69, 9.17) is 4.52 Å². The Morgan fingerprint density at radius 1 is 1.25 bits per heavy atom. The highest BCUT2D eigenvalue weighted by atomic mass is 32.2. The van der Waals surface area contributed by atoms with Crippen LogP contribution >= 0.6 is 11.8 Å². The lowest BCUT2D eigenvalue weighted by molar-refractivity contribution is 0.0756. The van der Waals surface area contributed by atoms with Gasteiger partial charge >= 0.3 is 0 Å². The summed E-state index contributed by atoms with van der Waals surface area (Å²) in [6.07, 6.45) is 2.98. The third-order valence-electron chi connectivity index (χ3n) is 4.61. The largest absolute Gasteiger partial charge is 0.360 e. The van der Waals surface area contributed by atoms with Crippen molar-refractivity contribution >= 4 is 17.7 Å². The predicted molar refractivity (Wildman–Crippen MR) is 90.6 cm³/mol. The van der Waals surface area contributed by atoms with Crippen molar-refractivity contribution in [1.82, 2.24) is 10.1 Å². The lowest BCUT2D eigenvalue weighted by Gasteiger charge is -2.19. The van der Waals surface area contributed by atoms with E-state index in [2.05, 4.69) is 5.16 Å². The zero-order valence-corrected chi connectivity index (χ0v) is 14.1. The Balaban J connectivity index is 1.44. The van der Waals surface area contributed by atoms with Crippen molar-refractivity contribution in [3.63, 3.8) is 0 Å². The maximum atomic E-state index is 14.0. The van der Waals surface area contributed by atoms with Crippen molar-refractivity contribution in [2.45, 2.75) is 30.4 Å². The third kappa shape index (κ3) is 3.20. The number of hydrogen-bond acceptors (Lipinski definition) is 4. The van der Waals surface area contributed by atoms with Gasteiger partial charge in [0.05, 0.1) is 0 Å². The number of carbonyl (C=O) groups excluding carboxylic acids is 1. The minimum absolute atomic E-state index is 0.0829. The fourth-order valence-corrected chi connectivity index (χ4v) is 4.32. The van der Waals surface area contributed by atoms with E-state index in [0.29, 0.717) is 24.7 Å². The quantitative estimate of drug-likeness (QED) is 0.842. The molecule has 1 aliphatic carbocycles. The van der Waals surface area contributed by atoms with E-state index in [9.17, 15) is 9.18 Å². The van der Waals surface area contributed by atoms with Crippen molar-refractivity contribution < 1.29 is 13.7 Å². The number of rotatable bonds is 3. The summed E-state index contributed by atoms with van der Waals surface area (Å²) in [5, 5.41) is 4.03. The molecule has 1 amide bonds. The van der Waals surface area contributed by atoms with E-state index >= 15 is 0 Å². The zero-order chi connectivity index (χ0) is 16.5. The Bertz CT molecular complexity index is 744. The first-order valence-electron chi connectivity index (χ1n) is 8.34. The van der Waals surface area contributed by atoms with Gasteiger partial charge in [-0.25, -0.2) is 4.39 Å². The molecule has 126 valence electrons. The van der Waals surface area contributed by atoms with Gasteiger partial charge in [0.2, 0.25) is 0 Å². The summed E-state index contributed by atoms with van der Waals surface area (Å²) < 4.78 is 19.3. The van der Waals surface area contributed by atoms with Crippen LogP contribution < -0.4 is 0 Å². The molecule has 6 heteroatoms. The van der Waals surface area contributed by atoms with Gasteiger partial charge in [-0.1, -0.05) is 23.4 Å². The molecule has 0 unspecified atom stereocenters. The van der Waals surface area contributed by atoms with Crippen LogP contribution in [0.25, 0.3) is 0 Å². The number of amides is 1. The number of aromatic nitrogens is 1. The molecular weight excluding hydrogens is 327 g/mol. The molecule has 24 heavy (non-hydrogen) atoms. The van der Waals surface area contributed by atoms with Crippen molar-refractivity contribution in [2.24, 2.45) is 0 Å². The third-order valence-corrected chi connectivity index (χ3v) is 5.92. The van der Waals surface area contributed by atoms with Gasteiger partial charge in [0.15, 0.2) is 5.69 Å². The average Bonchev–Trinajstić information content (AvgIpc) is 3.37. The molecule has 1 aliphatic heterocycles. The molecule has 2 fully saturated rings. The van der Waals surface area contributed by atoms with Gasteiger partial charge in [0.25, 0.3) is 5.91 Å². The van der Waals surface area contributed by atoms with Gasteiger partial charge in [0, 0.05) is 41.6 Å². The van der Waals surface area contributed by atoms with Gasteiger partial charge in [-0.15, -0.1) is 0 Å². The zero-order valence-electron chi connectivity index (χ0n) is 13.3. The number of halogens is 1. The second-order valence-electron chi connectivity index (χ2n) is 6.35. The van der Waals surface area contributed by atoms with E-state index in [1.54, 1.807) is 23.9 Å². The molecule has 0 spiro atoms. The fourth-order valence-electron chi connectivity index (χ4n) is 3.07. The summed E-state index contributed by atoms with van der Waals surface area (Å²) in [6.45, 7) is 1.26. The van der Waals surface area contributed by atoms with E-state index in [-0.39, 0.29) is 17.0 Å². The van der Waals surface area contributed by atoms with Gasteiger partial charge in [-0.3, -0.25) is 4.79 Å². The molecule has 1 atom stereocenters. The maximum absolute atomic E-state index is 14.0. The Labute approximate surface area is 144 Å². The summed E-state index contributed by atoms with van der Waals surface area (Å²) in [5.74, 6) is 1.81. The number of nitrogens with zero attached hydrogens (tertiary/aromatic N) is 2. The van der Waals surface area contributed by atoms with Crippen LogP contribution in [0.2, 0.25) is 0 Å². The van der Waals surface area contributed by atoms with Crippen LogP contribution in [0.15, 0.2) is 34.9 Å². The Hall–Kier alpha value is -1.82. The molecule has 2 aromatic rings. The van der Waals surface area contributed by atoms with Crippen molar-refractivity contribution in [2.75, 3.05) is 18.8 Å². The van der Waals surface area contributed by atoms with Gasteiger partial charge in [-0.2, -0.15) is 11.8 Å². The lowest BCUT2D eigenvalue weighted by Crippen LogP contribution is -2.33. The first-order chi connectivity index (χ1) is 11.7. The molecule has 4 nitrogen and oxygen atoms in total. The van der Waals surface area contributed by atoms with Gasteiger partial charge in [0.1, 0.15) is 11.6 Å². The summed E-state index contributed by atoms with van der Waals surface area (Å²) >= 11 is 1.71. The molecule has 1 saturated heterocycles. The van der Waals surface area contributed by atoms with Gasteiger partial charge < -0.3 is 9.42 Å². The summed E-state index contributed by atoms with van der Waals surface area (Å²) in [5.41, 5.74) is 1.13. The van der Waals surface area contributed by atoms with Crippen molar-refractivity contribution in [3.8, 4) is 0 Å². The Morgan fingerprint density at radius 3 is 2.88 bits per heavy atom. The van der Waals surface area contributed by atoms with Crippen LogP contribution in [0.5, 0.6) is 0 Å². The van der Waals surface area contributed by atoms with Crippen LogP contribution in [-0.2, 0) is 0 Å². The summed E-state index contributed by atoms with van der Waals surface area (Å²) in [7, 11) is 0. The average molecular weight is 346 g/mol. The molecule has 1 saturated carbocycles. The SMILES string of the molecule is O=C(c1cc(C2CC2)on1)N1CCS[C@@H](c2ccccc2F)CC1. The van der Waals surface area contributed by atoms with E-state index in [0.717, 1.165) is 36.3 Å². The second-order valence-corrected chi connectivity index (χ2v) is 7.66. The molecule has 1 aromatic heterocycles. The first-order valence-corrected chi connectivity index (χ1v) is 9.39. The lowest BCUT2D eigenvalue weighted by atomic mass is 10.1. The number of carbonyl (C=O) groups is 1. The summed E-state index contributed by atoms with van der Waals surface area (Å²) in [6, 6.07) is 8.69. The molecule has 2 aliphatic rings. The van der Waals surface area contributed by atoms with Crippen LogP contribution in [0.3, 0.4) is 0 Å². The standard InChI is InChI=1S/C18H19FN2O2S/c19-14-4-2-1-3-13(14)17-7-8-21(9-10-24-17)18(22)15-11-16(23-20-15)12-5-6-12/h1-4,11-12,17H,5-10H2/t17-/m1/s1. The number of thioether (sulfide) groups is 1. The molecule has 0 bridgehead atoms. The minimum atomic E-state index is -0.166. The monoisotopic (exact) mass is 346 g/mol. The van der Waals surface area contributed by atoms with Gasteiger partial charge in [-0.05, 0) is 25.3 Å².